The summed E-state index contributed by atoms with van der Waals surface area (Å²) in [6, 6.07) is 16.1. The van der Waals surface area contributed by atoms with Crippen molar-refractivity contribution < 1.29 is 9.53 Å². The third kappa shape index (κ3) is 5.40. The summed E-state index contributed by atoms with van der Waals surface area (Å²) in [7, 11) is 4.31. The molecule has 4 rings (SSSR count). The topological polar surface area (TPSA) is 57.7 Å². The van der Waals surface area contributed by atoms with Crippen molar-refractivity contribution in [1.29, 1.82) is 0 Å². The van der Waals surface area contributed by atoms with Crippen LogP contribution in [0.25, 0.3) is 10.9 Å². The number of fused-ring (bicyclic) bond motifs is 1. The molecule has 1 amide bonds. The van der Waals surface area contributed by atoms with Crippen molar-refractivity contribution in [3.8, 4) is 5.75 Å². The lowest BCUT2D eigenvalue weighted by atomic mass is 10.0. The third-order valence-electron chi connectivity index (χ3n) is 5.99. The standard InChI is InChI=1S/C25H29BrN4O2/c1-17-14-24(30-12-10-20(11-13-30)29(2)3)28-23-9-6-19(15-22(17)23)27-25(31)16-32-21-7-4-18(26)5-8-21/h4-9,14-15,20H,10-13,16H2,1-3H3,(H,27,31). The molecular weight excluding hydrogens is 468 g/mol. The van der Waals surface area contributed by atoms with Gasteiger partial charge in [-0.25, -0.2) is 4.98 Å². The Hall–Kier alpha value is -2.64. The average Bonchev–Trinajstić information content (AvgIpc) is 2.79. The van der Waals surface area contributed by atoms with E-state index in [1.165, 1.54) is 0 Å². The van der Waals surface area contributed by atoms with Crippen molar-refractivity contribution in [1.82, 2.24) is 9.88 Å². The maximum Gasteiger partial charge on any atom is 0.262 e. The zero-order valence-corrected chi connectivity index (χ0v) is 20.4. The van der Waals surface area contributed by atoms with E-state index in [2.05, 4.69) is 58.1 Å². The van der Waals surface area contributed by atoms with Gasteiger partial charge in [-0.15, -0.1) is 0 Å². The van der Waals surface area contributed by atoms with Crippen molar-refractivity contribution >= 4 is 44.2 Å². The van der Waals surface area contributed by atoms with Gasteiger partial charge in [0, 0.05) is 34.7 Å². The van der Waals surface area contributed by atoms with Crippen molar-refractivity contribution in [2.45, 2.75) is 25.8 Å². The summed E-state index contributed by atoms with van der Waals surface area (Å²) in [6.45, 7) is 4.10. The Labute approximate surface area is 197 Å². The minimum atomic E-state index is -0.196. The highest BCUT2D eigenvalue weighted by Crippen LogP contribution is 2.27. The van der Waals surface area contributed by atoms with Crippen molar-refractivity contribution in [2.75, 3.05) is 44.0 Å². The molecule has 3 aromatic rings. The summed E-state index contributed by atoms with van der Waals surface area (Å²) in [4.78, 5) is 21.9. The van der Waals surface area contributed by atoms with Crippen LogP contribution in [0.3, 0.4) is 0 Å². The van der Waals surface area contributed by atoms with E-state index >= 15 is 0 Å². The third-order valence-corrected chi connectivity index (χ3v) is 6.52. The van der Waals surface area contributed by atoms with E-state index in [0.29, 0.717) is 11.8 Å². The highest BCUT2D eigenvalue weighted by atomic mass is 79.9. The Morgan fingerprint density at radius 2 is 1.88 bits per heavy atom. The first-order valence-electron chi connectivity index (χ1n) is 10.9. The molecule has 7 heteroatoms. The number of hydrogen-bond acceptors (Lipinski definition) is 5. The molecule has 0 radical (unpaired) electrons. The molecular formula is C25H29BrN4O2. The Balaban J connectivity index is 1.41. The van der Waals surface area contributed by atoms with Gasteiger partial charge in [-0.05, 0) is 88.0 Å². The molecule has 1 aliphatic heterocycles. The van der Waals surface area contributed by atoms with Gasteiger partial charge in [0.1, 0.15) is 11.6 Å². The second-order valence-electron chi connectivity index (χ2n) is 8.50. The fraction of sp³-hybridized carbons (Fsp3) is 0.360. The molecule has 32 heavy (non-hydrogen) atoms. The molecule has 1 N–H and O–H groups in total. The van der Waals surface area contributed by atoms with E-state index in [1.807, 2.05) is 42.5 Å². The zero-order chi connectivity index (χ0) is 22.7. The molecule has 1 aromatic heterocycles. The molecule has 2 heterocycles. The summed E-state index contributed by atoms with van der Waals surface area (Å²) in [6.07, 6.45) is 2.30. The highest BCUT2D eigenvalue weighted by molar-refractivity contribution is 9.10. The van der Waals surface area contributed by atoms with Crippen LogP contribution in [-0.2, 0) is 4.79 Å². The molecule has 1 saturated heterocycles. The average molecular weight is 497 g/mol. The van der Waals surface area contributed by atoms with E-state index in [-0.39, 0.29) is 12.5 Å². The number of rotatable bonds is 6. The largest absolute Gasteiger partial charge is 0.484 e. The number of benzene rings is 2. The van der Waals surface area contributed by atoms with Crippen LogP contribution >= 0.6 is 15.9 Å². The van der Waals surface area contributed by atoms with Gasteiger partial charge in [0.2, 0.25) is 0 Å². The van der Waals surface area contributed by atoms with Gasteiger partial charge in [0.05, 0.1) is 5.52 Å². The van der Waals surface area contributed by atoms with Gasteiger partial charge >= 0.3 is 0 Å². The summed E-state index contributed by atoms with van der Waals surface area (Å²) in [5.74, 6) is 1.49. The molecule has 2 aromatic carbocycles. The summed E-state index contributed by atoms with van der Waals surface area (Å²) in [5.41, 5.74) is 2.84. The van der Waals surface area contributed by atoms with Crippen LogP contribution < -0.4 is 15.0 Å². The maximum atomic E-state index is 12.3. The number of carbonyl (C=O) groups excluding carboxylic acids is 1. The first-order valence-corrected chi connectivity index (χ1v) is 11.7. The zero-order valence-electron chi connectivity index (χ0n) is 18.8. The maximum absolute atomic E-state index is 12.3. The number of hydrogen-bond donors (Lipinski definition) is 1. The van der Waals surface area contributed by atoms with Crippen LogP contribution in [0, 0.1) is 6.92 Å². The molecule has 0 saturated carbocycles. The van der Waals surface area contributed by atoms with Gasteiger partial charge < -0.3 is 19.9 Å². The van der Waals surface area contributed by atoms with E-state index in [1.54, 1.807) is 0 Å². The number of nitrogens with one attached hydrogen (secondary N) is 1. The molecule has 1 fully saturated rings. The second-order valence-corrected chi connectivity index (χ2v) is 9.42. The lowest BCUT2D eigenvalue weighted by Gasteiger charge is -2.36. The Morgan fingerprint density at radius 3 is 2.56 bits per heavy atom. The Morgan fingerprint density at radius 1 is 1.16 bits per heavy atom. The van der Waals surface area contributed by atoms with Crippen LogP contribution in [0.5, 0.6) is 5.75 Å². The SMILES string of the molecule is Cc1cc(N2CCC(N(C)C)CC2)nc2ccc(NC(=O)COc3ccc(Br)cc3)cc12. The van der Waals surface area contributed by atoms with Crippen molar-refractivity contribution in [3.05, 3.63) is 58.6 Å². The number of anilines is 2. The predicted molar refractivity (Wildman–Crippen MR) is 134 cm³/mol. The van der Waals surface area contributed by atoms with Gasteiger partial charge in [-0.2, -0.15) is 0 Å². The van der Waals surface area contributed by atoms with Crippen LogP contribution in [0.4, 0.5) is 11.5 Å². The predicted octanol–water partition coefficient (Wildman–Crippen LogP) is 4.85. The number of carbonyl (C=O) groups is 1. The lowest BCUT2D eigenvalue weighted by molar-refractivity contribution is -0.118. The van der Waals surface area contributed by atoms with Crippen molar-refractivity contribution in [3.63, 3.8) is 0 Å². The number of amides is 1. The number of aryl methyl sites for hydroxylation is 1. The molecule has 6 nitrogen and oxygen atoms in total. The fourth-order valence-electron chi connectivity index (χ4n) is 4.10. The van der Waals surface area contributed by atoms with E-state index in [9.17, 15) is 4.79 Å². The van der Waals surface area contributed by atoms with E-state index in [4.69, 9.17) is 9.72 Å². The van der Waals surface area contributed by atoms with Crippen LogP contribution in [-0.4, -0.2) is 55.6 Å². The smallest absolute Gasteiger partial charge is 0.262 e. The van der Waals surface area contributed by atoms with Gasteiger partial charge in [0.15, 0.2) is 6.61 Å². The van der Waals surface area contributed by atoms with E-state index in [0.717, 1.165) is 58.4 Å². The summed E-state index contributed by atoms with van der Waals surface area (Å²) in [5, 5.41) is 3.97. The first kappa shape index (κ1) is 22.6. The Kier molecular flexibility index (Phi) is 6.96. The molecule has 0 bridgehead atoms. The summed E-state index contributed by atoms with van der Waals surface area (Å²) >= 11 is 3.39. The molecule has 168 valence electrons. The number of halogens is 1. The van der Waals surface area contributed by atoms with Crippen LogP contribution in [0.15, 0.2) is 53.0 Å². The molecule has 0 spiro atoms. The fourth-order valence-corrected chi connectivity index (χ4v) is 4.37. The minimum absolute atomic E-state index is 0.0429. The quantitative estimate of drug-likeness (QED) is 0.528. The van der Waals surface area contributed by atoms with E-state index < -0.39 is 0 Å². The first-order chi connectivity index (χ1) is 15.4. The number of ether oxygens (including phenoxy) is 1. The highest BCUT2D eigenvalue weighted by Gasteiger charge is 2.22. The minimum Gasteiger partial charge on any atom is -0.484 e. The van der Waals surface area contributed by atoms with Gasteiger partial charge in [0.25, 0.3) is 5.91 Å². The monoisotopic (exact) mass is 496 g/mol. The molecule has 0 unspecified atom stereocenters. The number of pyridine rings is 1. The lowest BCUT2D eigenvalue weighted by Crippen LogP contribution is -2.42. The molecule has 0 atom stereocenters. The second kappa shape index (κ2) is 9.88. The Bertz CT molecular complexity index is 1090. The van der Waals surface area contributed by atoms with Crippen molar-refractivity contribution in [2.24, 2.45) is 0 Å². The van der Waals surface area contributed by atoms with Crippen LogP contribution in [0.1, 0.15) is 18.4 Å². The summed E-state index contributed by atoms with van der Waals surface area (Å²) < 4.78 is 6.53. The van der Waals surface area contributed by atoms with Crippen LogP contribution in [0.2, 0.25) is 0 Å². The normalized spacial score (nSPS) is 14.7. The molecule has 1 aliphatic rings. The van der Waals surface area contributed by atoms with Gasteiger partial charge in [-0.1, -0.05) is 15.9 Å². The van der Waals surface area contributed by atoms with Gasteiger partial charge in [-0.3, -0.25) is 4.79 Å². The number of aromatic nitrogens is 1. The number of nitrogens with zero attached hydrogens (tertiary/aromatic N) is 3. The molecule has 0 aliphatic carbocycles. The number of piperidine rings is 1.